The molecule has 7 heteroatoms. The van der Waals surface area contributed by atoms with Gasteiger partial charge in [-0.2, -0.15) is 0 Å². The Morgan fingerprint density at radius 3 is 2.44 bits per heavy atom. The number of amides is 3. The minimum absolute atomic E-state index is 0.0429. The zero-order valence-corrected chi connectivity index (χ0v) is 16.4. The summed E-state index contributed by atoms with van der Waals surface area (Å²) >= 11 is 1.44. The van der Waals surface area contributed by atoms with E-state index in [9.17, 15) is 9.59 Å². The van der Waals surface area contributed by atoms with Crippen LogP contribution in [0.2, 0.25) is 0 Å². The van der Waals surface area contributed by atoms with Crippen LogP contribution < -0.4 is 5.32 Å². The summed E-state index contributed by atoms with van der Waals surface area (Å²) in [5, 5.41) is 4.11. The Morgan fingerprint density at radius 2 is 1.92 bits per heavy atom. The van der Waals surface area contributed by atoms with E-state index < -0.39 is 0 Å². The first-order chi connectivity index (χ1) is 11.9. The molecule has 3 amide bonds. The van der Waals surface area contributed by atoms with Crippen molar-refractivity contribution < 1.29 is 9.59 Å². The number of hydrogen-bond donors (Lipinski definition) is 1. The molecule has 2 atom stereocenters. The molecule has 0 unspecified atom stereocenters. The number of rotatable bonds is 5. The highest BCUT2D eigenvalue weighted by molar-refractivity contribution is 7.13. The fourth-order valence-corrected chi connectivity index (χ4v) is 4.63. The standard InChI is InChI=1S/C18H28N4O2S/c1-5-21(6-2)18(24)22-9-14(13-7-8-13)15(10-22)20-17(23)16-11(3)19-12(4)25-16/h13-15H,5-10H2,1-4H3,(H,20,23)/t14-,15+/m0/s1. The number of carbonyl (C=O) groups is 2. The summed E-state index contributed by atoms with van der Waals surface area (Å²) in [6.45, 7) is 10.6. The number of hydrogen-bond acceptors (Lipinski definition) is 4. The molecule has 2 aliphatic rings. The molecule has 3 rings (SSSR count). The maximum absolute atomic E-state index is 12.7. The summed E-state index contributed by atoms with van der Waals surface area (Å²) in [6.07, 6.45) is 2.42. The number of thiazole rings is 1. The van der Waals surface area contributed by atoms with E-state index in [1.54, 1.807) is 0 Å². The number of nitrogens with zero attached hydrogens (tertiary/aromatic N) is 3. The highest BCUT2D eigenvalue weighted by Gasteiger charge is 2.45. The third-order valence-corrected chi connectivity index (χ3v) is 6.39. The number of aryl methyl sites for hydroxylation is 2. The summed E-state index contributed by atoms with van der Waals surface area (Å²) in [5.41, 5.74) is 0.789. The second-order valence-corrected chi connectivity index (χ2v) is 8.29. The predicted molar refractivity (Wildman–Crippen MR) is 98.9 cm³/mol. The van der Waals surface area contributed by atoms with E-state index in [1.807, 2.05) is 37.5 Å². The van der Waals surface area contributed by atoms with Gasteiger partial charge in [-0.25, -0.2) is 9.78 Å². The minimum Gasteiger partial charge on any atom is -0.346 e. The molecule has 1 saturated carbocycles. The molecular weight excluding hydrogens is 336 g/mol. The van der Waals surface area contributed by atoms with E-state index >= 15 is 0 Å². The molecule has 1 aliphatic carbocycles. The highest BCUT2D eigenvalue weighted by Crippen LogP contribution is 2.41. The van der Waals surface area contributed by atoms with Gasteiger partial charge in [0.25, 0.3) is 5.91 Å². The monoisotopic (exact) mass is 364 g/mol. The van der Waals surface area contributed by atoms with E-state index in [0.717, 1.165) is 30.3 Å². The van der Waals surface area contributed by atoms with Crippen LogP contribution in [0.5, 0.6) is 0 Å². The Hall–Kier alpha value is -1.63. The number of nitrogens with one attached hydrogen (secondary N) is 1. The Balaban J connectivity index is 1.70. The summed E-state index contributed by atoms with van der Waals surface area (Å²) in [7, 11) is 0. The van der Waals surface area contributed by atoms with E-state index in [2.05, 4.69) is 10.3 Å². The molecule has 2 fully saturated rings. The molecular formula is C18H28N4O2S. The fraction of sp³-hybridized carbons (Fsp3) is 0.722. The zero-order valence-electron chi connectivity index (χ0n) is 15.5. The quantitative estimate of drug-likeness (QED) is 0.873. The molecule has 1 saturated heterocycles. The van der Waals surface area contributed by atoms with Gasteiger partial charge in [-0.1, -0.05) is 0 Å². The van der Waals surface area contributed by atoms with Crippen LogP contribution in [0.3, 0.4) is 0 Å². The molecule has 0 radical (unpaired) electrons. The molecule has 0 bridgehead atoms. The maximum atomic E-state index is 12.7. The smallest absolute Gasteiger partial charge is 0.320 e. The molecule has 138 valence electrons. The lowest BCUT2D eigenvalue weighted by Gasteiger charge is -2.26. The maximum Gasteiger partial charge on any atom is 0.320 e. The van der Waals surface area contributed by atoms with E-state index in [0.29, 0.717) is 23.3 Å². The number of urea groups is 1. The number of likely N-dealkylation sites (tertiary alicyclic amines) is 1. The van der Waals surface area contributed by atoms with Gasteiger partial charge in [-0.15, -0.1) is 11.3 Å². The average molecular weight is 365 g/mol. The molecule has 6 nitrogen and oxygen atoms in total. The van der Waals surface area contributed by atoms with Crippen LogP contribution in [0, 0.1) is 25.7 Å². The molecule has 1 aromatic heterocycles. The lowest BCUT2D eigenvalue weighted by Crippen LogP contribution is -2.44. The van der Waals surface area contributed by atoms with Gasteiger partial charge in [0.1, 0.15) is 4.88 Å². The van der Waals surface area contributed by atoms with Gasteiger partial charge in [0.05, 0.1) is 16.7 Å². The van der Waals surface area contributed by atoms with Crippen LogP contribution in [0.25, 0.3) is 0 Å². The molecule has 1 aromatic rings. The second-order valence-electron chi connectivity index (χ2n) is 7.09. The van der Waals surface area contributed by atoms with Crippen molar-refractivity contribution in [3.63, 3.8) is 0 Å². The fourth-order valence-electron chi connectivity index (χ4n) is 3.81. The van der Waals surface area contributed by atoms with Crippen LogP contribution in [0.4, 0.5) is 4.79 Å². The summed E-state index contributed by atoms with van der Waals surface area (Å²) < 4.78 is 0. The largest absolute Gasteiger partial charge is 0.346 e. The average Bonchev–Trinajstić information content (AvgIpc) is 3.25. The van der Waals surface area contributed by atoms with Gasteiger partial charge in [0.2, 0.25) is 0 Å². The second kappa shape index (κ2) is 7.32. The van der Waals surface area contributed by atoms with Crippen LogP contribution in [0.15, 0.2) is 0 Å². The van der Waals surface area contributed by atoms with Gasteiger partial charge >= 0.3 is 6.03 Å². The summed E-state index contributed by atoms with van der Waals surface area (Å²) in [4.78, 5) is 34.2. The normalized spacial score (nSPS) is 23.0. The van der Waals surface area contributed by atoms with Crippen molar-refractivity contribution in [1.29, 1.82) is 0 Å². The van der Waals surface area contributed by atoms with E-state index in [-0.39, 0.29) is 18.0 Å². The lowest BCUT2D eigenvalue weighted by atomic mass is 9.98. The van der Waals surface area contributed by atoms with E-state index in [4.69, 9.17) is 0 Å². The van der Waals surface area contributed by atoms with Gasteiger partial charge in [0.15, 0.2) is 0 Å². The SMILES string of the molecule is CCN(CC)C(=O)N1C[C@@H](NC(=O)c2sc(C)nc2C)[C@H](C2CC2)C1. The Bertz CT molecular complexity index is 652. The topological polar surface area (TPSA) is 65.5 Å². The molecule has 0 aromatic carbocycles. The zero-order chi connectivity index (χ0) is 18.1. The third kappa shape index (κ3) is 3.81. The first kappa shape index (κ1) is 18.2. The number of aromatic nitrogens is 1. The number of carbonyl (C=O) groups excluding carboxylic acids is 2. The predicted octanol–water partition coefficient (Wildman–Crippen LogP) is 2.66. The van der Waals surface area contributed by atoms with Gasteiger partial charge < -0.3 is 15.1 Å². The Labute approximate surface area is 153 Å². The van der Waals surface area contributed by atoms with Crippen molar-refractivity contribution in [3.8, 4) is 0 Å². The van der Waals surface area contributed by atoms with Gasteiger partial charge in [0, 0.05) is 32.1 Å². The first-order valence-corrected chi connectivity index (χ1v) is 10.0. The van der Waals surface area contributed by atoms with Crippen molar-refractivity contribution in [2.75, 3.05) is 26.2 Å². The molecule has 0 spiro atoms. The Kier molecular flexibility index (Phi) is 5.32. The van der Waals surface area contributed by atoms with Gasteiger partial charge in [-0.05, 0) is 46.5 Å². The molecule has 2 heterocycles. The van der Waals surface area contributed by atoms with Crippen LogP contribution in [-0.4, -0.2) is 58.9 Å². The van der Waals surface area contributed by atoms with Crippen LogP contribution in [-0.2, 0) is 0 Å². The van der Waals surface area contributed by atoms with Crippen LogP contribution in [0.1, 0.15) is 47.1 Å². The Morgan fingerprint density at radius 1 is 1.24 bits per heavy atom. The van der Waals surface area contributed by atoms with Crippen molar-refractivity contribution in [3.05, 3.63) is 15.6 Å². The first-order valence-electron chi connectivity index (χ1n) is 9.23. The van der Waals surface area contributed by atoms with Crippen molar-refractivity contribution in [2.45, 2.75) is 46.6 Å². The third-order valence-electron chi connectivity index (χ3n) is 5.32. The minimum atomic E-state index is -0.0455. The van der Waals surface area contributed by atoms with Gasteiger partial charge in [-0.3, -0.25) is 4.79 Å². The van der Waals surface area contributed by atoms with Crippen molar-refractivity contribution in [2.24, 2.45) is 11.8 Å². The molecule has 25 heavy (non-hydrogen) atoms. The lowest BCUT2D eigenvalue weighted by molar-refractivity contribution is 0.0930. The molecule has 1 aliphatic heterocycles. The summed E-state index contributed by atoms with van der Waals surface area (Å²) in [5.74, 6) is 0.970. The summed E-state index contributed by atoms with van der Waals surface area (Å²) in [6, 6.07) is 0.138. The van der Waals surface area contributed by atoms with Crippen molar-refractivity contribution >= 4 is 23.3 Å². The van der Waals surface area contributed by atoms with Crippen LogP contribution >= 0.6 is 11.3 Å². The highest BCUT2D eigenvalue weighted by atomic mass is 32.1. The van der Waals surface area contributed by atoms with E-state index in [1.165, 1.54) is 24.2 Å². The molecule has 1 N–H and O–H groups in total. The van der Waals surface area contributed by atoms with Crippen molar-refractivity contribution in [1.82, 2.24) is 20.1 Å².